The lowest BCUT2D eigenvalue weighted by molar-refractivity contribution is 0.102. The Balaban J connectivity index is 1.32. The lowest BCUT2D eigenvalue weighted by atomic mass is 9.91. The Morgan fingerprint density at radius 2 is 1.76 bits per heavy atom. The molecule has 0 unspecified atom stereocenters. The first-order valence-corrected chi connectivity index (χ1v) is 12.8. The van der Waals surface area contributed by atoms with Gasteiger partial charge in [-0.05, 0) is 51.5 Å². The van der Waals surface area contributed by atoms with Crippen molar-refractivity contribution in [3.05, 3.63) is 42.2 Å². The molecule has 0 spiro atoms. The quantitative estimate of drug-likeness (QED) is 0.366. The number of pyridine rings is 1. The molecule has 2 aliphatic rings. The van der Waals surface area contributed by atoms with Gasteiger partial charge in [-0.1, -0.05) is 0 Å². The Morgan fingerprint density at radius 3 is 2.46 bits per heavy atom. The zero-order chi connectivity index (χ0) is 25.9. The topological polar surface area (TPSA) is 129 Å². The van der Waals surface area contributed by atoms with Crippen molar-refractivity contribution in [3.63, 3.8) is 0 Å². The van der Waals surface area contributed by atoms with Gasteiger partial charge >= 0.3 is 6.03 Å². The van der Waals surface area contributed by atoms with Crippen LogP contribution in [-0.2, 0) is 0 Å². The highest BCUT2D eigenvalue weighted by atomic mass is 19.1. The number of imidazole rings is 1. The van der Waals surface area contributed by atoms with Gasteiger partial charge in [0.25, 0.3) is 5.91 Å². The molecule has 3 amide bonds. The van der Waals surface area contributed by atoms with Gasteiger partial charge in [0, 0.05) is 44.0 Å². The summed E-state index contributed by atoms with van der Waals surface area (Å²) in [5.41, 5.74) is 1.55. The van der Waals surface area contributed by atoms with Crippen LogP contribution in [-0.4, -0.2) is 68.1 Å². The fourth-order valence-electron chi connectivity index (χ4n) is 4.43. The molecule has 0 aliphatic heterocycles. The first kappa shape index (κ1) is 24.7. The van der Waals surface area contributed by atoms with Gasteiger partial charge in [0.1, 0.15) is 5.82 Å². The summed E-state index contributed by atoms with van der Waals surface area (Å²) in [4.78, 5) is 35.0. The smallest absolute Gasteiger partial charge is 0.317 e. The van der Waals surface area contributed by atoms with E-state index in [2.05, 4.69) is 36.3 Å². The van der Waals surface area contributed by atoms with Gasteiger partial charge in [0.05, 0.1) is 23.8 Å². The van der Waals surface area contributed by atoms with Crippen molar-refractivity contribution in [2.24, 2.45) is 0 Å². The molecule has 0 aromatic carbocycles. The number of anilines is 3. The maximum atomic E-state index is 14.0. The number of carbonyl (C=O) groups is 2. The maximum Gasteiger partial charge on any atom is 0.317 e. The number of nitrogens with one attached hydrogen (secondary N) is 4. The Bertz CT molecular complexity index is 1280. The van der Waals surface area contributed by atoms with Crippen molar-refractivity contribution in [1.29, 1.82) is 0 Å². The molecule has 196 valence electrons. The molecule has 3 aromatic rings. The SMILES string of the molecule is CCN(C)C(=O)NC1CCC(Nc2cc(NC3CC3)c3ncc(C(=O)Nc4ccncc4F)n3n2)CC1. The first-order chi connectivity index (χ1) is 17.9. The Labute approximate surface area is 214 Å². The molecule has 11 nitrogen and oxygen atoms in total. The molecule has 2 fully saturated rings. The largest absolute Gasteiger partial charge is 0.379 e. The van der Waals surface area contributed by atoms with E-state index in [1.807, 2.05) is 13.0 Å². The van der Waals surface area contributed by atoms with E-state index < -0.39 is 11.7 Å². The third kappa shape index (κ3) is 5.73. The number of amides is 3. The van der Waals surface area contributed by atoms with E-state index in [0.29, 0.717) is 24.1 Å². The Hall–Kier alpha value is -3.96. The third-order valence-electron chi connectivity index (χ3n) is 6.89. The van der Waals surface area contributed by atoms with Crippen molar-refractivity contribution >= 4 is 34.8 Å². The standard InChI is InChI=1S/C25H32FN9O2/c1-3-34(2)25(37)31-17-8-6-16(7-9-17)30-22-12-20(29-15-4-5-15)23-28-14-21(35(23)33-22)24(36)32-19-10-11-27-13-18(19)26/h10-17,29H,3-9H2,1-2H3,(H,30,33)(H,31,37)(H,27,32,36). The molecule has 37 heavy (non-hydrogen) atoms. The lowest BCUT2D eigenvalue weighted by Crippen LogP contribution is -2.45. The molecule has 2 aliphatic carbocycles. The number of carbonyl (C=O) groups excluding carboxylic acids is 2. The number of rotatable bonds is 8. The van der Waals surface area contributed by atoms with Crippen molar-refractivity contribution in [3.8, 4) is 0 Å². The van der Waals surface area contributed by atoms with Gasteiger partial charge < -0.3 is 26.2 Å². The minimum Gasteiger partial charge on any atom is -0.379 e. The Morgan fingerprint density at radius 1 is 1.05 bits per heavy atom. The zero-order valence-electron chi connectivity index (χ0n) is 21.0. The monoisotopic (exact) mass is 509 g/mol. The zero-order valence-corrected chi connectivity index (χ0v) is 21.0. The molecule has 0 radical (unpaired) electrons. The predicted octanol–water partition coefficient (Wildman–Crippen LogP) is 3.47. The van der Waals surface area contributed by atoms with Crippen LogP contribution in [0.1, 0.15) is 55.9 Å². The summed E-state index contributed by atoms with van der Waals surface area (Å²) in [6, 6.07) is 3.99. The van der Waals surface area contributed by atoms with Crippen LogP contribution in [0, 0.1) is 5.82 Å². The number of nitrogens with zero attached hydrogens (tertiary/aromatic N) is 5. The average molecular weight is 510 g/mol. The van der Waals surface area contributed by atoms with Crippen LogP contribution < -0.4 is 21.3 Å². The summed E-state index contributed by atoms with van der Waals surface area (Å²) in [6.45, 7) is 2.61. The fraction of sp³-hybridized carbons (Fsp3) is 0.480. The minimum atomic E-state index is -0.621. The van der Waals surface area contributed by atoms with E-state index >= 15 is 0 Å². The van der Waals surface area contributed by atoms with Crippen LogP contribution in [0.15, 0.2) is 30.7 Å². The Kier molecular flexibility index (Phi) is 7.06. The van der Waals surface area contributed by atoms with Crippen LogP contribution in [0.3, 0.4) is 0 Å². The average Bonchev–Trinajstić information content (AvgIpc) is 3.61. The van der Waals surface area contributed by atoms with E-state index in [0.717, 1.165) is 50.4 Å². The molecular weight excluding hydrogens is 477 g/mol. The predicted molar refractivity (Wildman–Crippen MR) is 138 cm³/mol. The van der Waals surface area contributed by atoms with Crippen molar-refractivity contribution < 1.29 is 14.0 Å². The molecule has 5 rings (SSSR count). The lowest BCUT2D eigenvalue weighted by Gasteiger charge is -2.31. The second-order valence-electron chi connectivity index (χ2n) is 9.71. The van der Waals surface area contributed by atoms with Gasteiger partial charge in [0.15, 0.2) is 17.2 Å². The van der Waals surface area contributed by atoms with Crippen molar-refractivity contribution in [1.82, 2.24) is 29.8 Å². The molecule has 3 aromatic heterocycles. The van der Waals surface area contributed by atoms with E-state index in [-0.39, 0.29) is 29.5 Å². The van der Waals surface area contributed by atoms with Crippen LogP contribution in [0.2, 0.25) is 0 Å². The summed E-state index contributed by atoms with van der Waals surface area (Å²) in [5, 5.41) is 17.3. The first-order valence-electron chi connectivity index (χ1n) is 12.8. The number of aromatic nitrogens is 4. The summed E-state index contributed by atoms with van der Waals surface area (Å²) < 4.78 is 15.5. The van der Waals surface area contributed by atoms with Gasteiger partial charge in [-0.15, -0.1) is 5.10 Å². The van der Waals surface area contributed by atoms with E-state index in [9.17, 15) is 14.0 Å². The van der Waals surface area contributed by atoms with Gasteiger partial charge in [-0.25, -0.2) is 18.7 Å². The molecule has 4 N–H and O–H groups in total. The third-order valence-corrected chi connectivity index (χ3v) is 6.89. The maximum absolute atomic E-state index is 14.0. The van der Waals surface area contributed by atoms with Crippen LogP contribution >= 0.6 is 0 Å². The highest BCUT2D eigenvalue weighted by Crippen LogP contribution is 2.30. The van der Waals surface area contributed by atoms with Crippen LogP contribution in [0.25, 0.3) is 5.65 Å². The van der Waals surface area contributed by atoms with E-state index in [1.165, 1.54) is 23.0 Å². The fourth-order valence-corrected chi connectivity index (χ4v) is 4.43. The van der Waals surface area contributed by atoms with Crippen molar-refractivity contribution in [2.45, 2.75) is 63.6 Å². The number of fused-ring (bicyclic) bond motifs is 1. The highest BCUT2D eigenvalue weighted by Gasteiger charge is 2.26. The molecular formula is C25H32FN9O2. The number of urea groups is 1. The van der Waals surface area contributed by atoms with Crippen LogP contribution in [0.5, 0.6) is 0 Å². The van der Waals surface area contributed by atoms with E-state index in [4.69, 9.17) is 0 Å². The minimum absolute atomic E-state index is 0.0366. The summed E-state index contributed by atoms with van der Waals surface area (Å²) in [7, 11) is 1.79. The normalized spacial score (nSPS) is 19.3. The second kappa shape index (κ2) is 10.6. The molecule has 0 atom stereocenters. The van der Waals surface area contributed by atoms with Gasteiger partial charge in [0.2, 0.25) is 0 Å². The van der Waals surface area contributed by atoms with Crippen molar-refractivity contribution in [2.75, 3.05) is 29.5 Å². The molecule has 12 heteroatoms. The van der Waals surface area contributed by atoms with Gasteiger partial charge in [-0.2, -0.15) is 0 Å². The van der Waals surface area contributed by atoms with Gasteiger partial charge in [-0.3, -0.25) is 9.78 Å². The van der Waals surface area contributed by atoms with Crippen LogP contribution in [0.4, 0.5) is 26.4 Å². The summed E-state index contributed by atoms with van der Waals surface area (Å²) >= 11 is 0. The summed E-state index contributed by atoms with van der Waals surface area (Å²) in [6.07, 6.45) is 9.55. The molecule has 0 saturated heterocycles. The molecule has 2 saturated carbocycles. The van der Waals surface area contributed by atoms with E-state index in [1.54, 1.807) is 11.9 Å². The number of hydrogen-bond acceptors (Lipinski definition) is 7. The molecule has 3 heterocycles. The summed E-state index contributed by atoms with van der Waals surface area (Å²) in [5.74, 6) is -0.520. The second-order valence-corrected chi connectivity index (χ2v) is 9.71. The number of halogens is 1. The highest BCUT2D eigenvalue weighted by molar-refractivity contribution is 6.03. The molecule has 0 bridgehead atoms. The number of hydrogen-bond donors (Lipinski definition) is 4.